The van der Waals surface area contributed by atoms with Gasteiger partial charge >= 0.3 is 0 Å². The number of fused-ring (bicyclic) bond motifs is 1. The summed E-state index contributed by atoms with van der Waals surface area (Å²) in [6, 6.07) is 0.598. The summed E-state index contributed by atoms with van der Waals surface area (Å²) in [5.74, 6) is 0. The molecule has 6 heteroatoms. The Hall–Kier alpha value is 0.380. The van der Waals surface area contributed by atoms with Gasteiger partial charge in [-0.1, -0.05) is 0 Å². The SMILES string of the molecule is Sc1c(S)c(S)c2c(c1S)CCN2C[C@H]1CCCN1. The molecule has 0 spiro atoms. The predicted octanol–water partition coefficient (Wildman–Crippen LogP) is 2.96. The number of hydrogen-bond acceptors (Lipinski definition) is 6. The maximum Gasteiger partial charge on any atom is 0.0559 e. The molecule has 1 fully saturated rings. The highest BCUT2D eigenvalue weighted by atomic mass is 32.1. The molecule has 1 atom stereocenters. The van der Waals surface area contributed by atoms with E-state index in [0.717, 1.165) is 45.6 Å². The molecule has 2 aliphatic heterocycles. The predicted molar refractivity (Wildman–Crippen MR) is 92.4 cm³/mol. The standard InChI is InChI=1S/C13H18N2S4/c16-10-8-3-5-15(6-7-2-1-4-14-7)9(8)11(17)13(19)12(10)18/h7,14,16-19H,1-6H2/t7-/m1/s1. The maximum atomic E-state index is 4.65. The largest absolute Gasteiger partial charge is 0.368 e. The molecule has 1 saturated heterocycles. The quantitative estimate of drug-likeness (QED) is 0.536. The van der Waals surface area contributed by atoms with Gasteiger partial charge in [0.1, 0.15) is 0 Å². The van der Waals surface area contributed by atoms with Crippen LogP contribution in [0, 0.1) is 0 Å². The molecule has 0 amide bonds. The summed E-state index contributed by atoms with van der Waals surface area (Å²) in [5.41, 5.74) is 2.49. The number of thiol groups is 4. The summed E-state index contributed by atoms with van der Waals surface area (Å²) < 4.78 is 0. The minimum atomic E-state index is 0.598. The molecule has 0 saturated carbocycles. The van der Waals surface area contributed by atoms with Crippen molar-refractivity contribution in [3.8, 4) is 0 Å². The van der Waals surface area contributed by atoms with Crippen molar-refractivity contribution in [3.63, 3.8) is 0 Å². The second kappa shape index (κ2) is 5.64. The second-order valence-corrected chi connectivity index (χ2v) is 7.00. The first-order valence-corrected chi connectivity index (χ1v) is 8.35. The number of rotatable bonds is 2. The van der Waals surface area contributed by atoms with Crippen LogP contribution >= 0.6 is 50.5 Å². The van der Waals surface area contributed by atoms with Gasteiger partial charge in [-0.2, -0.15) is 0 Å². The molecular weight excluding hydrogens is 312 g/mol. The third-order valence-corrected chi connectivity index (χ3v) is 6.37. The Morgan fingerprint density at radius 3 is 2.47 bits per heavy atom. The van der Waals surface area contributed by atoms with Crippen LogP contribution in [-0.2, 0) is 6.42 Å². The highest BCUT2D eigenvalue weighted by Crippen LogP contribution is 2.45. The Bertz CT molecular complexity index is 512. The van der Waals surface area contributed by atoms with Gasteiger partial charge < -0.3 is 10.2 Å². The summed E-state index contributed by atoms with van der Waals surface area (Å²) in [4.78, 5) is 6.01. The smallest absolute Gasteiger partial charge is 0.0559 e. The van der Waals surface area contributed by atoms with Crippen molar-refractivity contribution < 1.29 is 0 Å². The lowest BCUT2D eigenvalue weighted by molar-refractivity contribution is 0.587. The number of nitrogens with one attached hydrogen (secondary N) is 1. The first-order valence-electron chi connectivity index (χ1n) is 6.56. The van der Waals surface area contributed by atoms with E-state index >= 15 is 0 Å². The second-order valence-electron chi connectivity index (χ2n) is 5.21. The molecule has 0 aliphatic carbocycles. The molecule has 0 unspecified atom stereocenters. The summed E-state index contributed by atoms with van der Waals surface area (Å²) >= 11 is 18.3. The van der Waals surface area contributed by atoms with Gasteiger partial charge in [0.2, 0.25) is 0 Å². The number of nitrogens with zero attached hydrogens (tertiary/aromatic N) is 1. The van der Waals surface area contributed by atoms with Gasteiger partial charge in [-0.3, -0.25) is 0 Å². The molecule has 1 aromatic carbocycles. The van der Waals surface area contributed by atoms with Crippen molar-refractivity contribution in [2.75, 3.05) is 24.5 Å². The Morgan fingerprint density at radius 1 is 1.05 bits per heavy atom. The fourth-order valence-electron chi connectivity index (χ4n) is 3.03. The molecule has 2 aliphatic rings. The summed E-state index contributed by atoms with van der Waals surface area (Å²) in [6.45, 7) is 3.23. The van der Waals surface area contributed by atoms with E-state index in [0.29, 0.717) is 6.04 Å². The van der Waals surface area contributed by atoms with E-state index in [1.165, 1.54) is 24.1 Å². The summed E-state index contributed by atoms with van der Waals surface area (Å²) in [5, 5.41) is 3.55. The first kappa shape index (κ1) is 14.3. The molecule has 2 nitrogen and oxygen atoms in total. The average Bonchev–Trinajstić information content (AvgIpc) is 3.04. The molecule has 2 heterocycles. The van der Waals surface area contributed by atoms with Crippen molar-refractivity contribution in [1.29, 1.82) is 0 Å². The fourth-order valence-corrected chi connectivity index (χ4v) is 4.39. The minimum absolute atomic E-state index is 0.598. The van der Waals surface area contributed by atoms with E-state index in [9.17, 15) is 0 Å². The third kappa shape index (κ3) is 2.50. The number of anilines is 1. The zero-order valence-electron chi connectivity index (χ0n) is 10.6. The molecule has 104 valence electrons. The molecule has 1 aromatic rings. The van der Waals surface area contributed by atoms with E-state index in [2.05, 4.69) is 60.7 Å². The topological polar surface area (TPSA) is 15.3 Å². The molecule has 0 bridgehead atoms. The average molecular weight is 331 g/mol. The van der Waals surface area contributed by atoms with Gasteiger partial charge in [0.25, 0.3) is 0 Å². The highest BCUT2D eigenvalue weighted by molar-refractivity contribution is 7.86. The zero-order chi connectivity index (χ0) is 13.6. The molecule has 0 aromatic heterocycles. The lowest BCUT2D eigenvalue weighted by Gasteiger charge is -2.25. The van der Waals surface area contributed by atoms with E-state index in [-0.39, 0.29) is 0 Å². The third-order valence-electron chi connectivity index (χ3n) is 4.02. The lowest BCUT2D eigenvalue weighted by Crippen LogP contribution is -2.36. The van der Waals surface area contributed by atoms with Crippen LogP contribution in [0.2, 0.25) is 0 Å². The highest BCUT2D eigenvalue weighted by Gasteiger charge is 2.29. The lowest BCUT2D eigenvalue weighted by atomic mass is 10.1. The molecular formula is C13H18N2S4. The molecule has 0 radical (unpaired) electrons. The maximum absolute atomic E-state index is 4.65. The van der Waals surface area contributed by atoms with Crippen LogP contribution in [0.15, 0.2) is 19.6 Å². The van der Waals surface area contributed by atoms with Crippen LogP contribution in [0.3, 0.4) is 0 Å². The van der Waals surface area contributed by atoms with E-state index in [4.69, 9.17) is 0 Å². The van der Waals surface area contributed by atoms with Gasteiger partial charge in [0.05, 0.1) is 5.69 Å². The van der Waals surface area contributed by atoms with Crippen LogP contribution in [0.1, 0.15) is 18.4 Å². The van der Waals surface area contributed by atoms with E-state index in [1.54, 1.807) is 0 Å². The van der Waals surface area contributed by atoms with Gasteiger partial charge in [0, 0.05) is 38.7 Å². The van der Waals surface area contributed by atoms with Crippen molar-refractivity contribution >= 4 is 56.2 Å². The van der Waals surface area contributed by atoms with Crippen molar-refractivity contribution in [3.05, 3.63) is 5.56 Å². The first-order chi connectivity index (χ1) is 9.09. The normalized spacial score (nSPS) is 22.1. The van der Waals surface area contributed by atoms with Crippen molar-refractivity contribution in [2.45, 2.75) is 44.9 Å². The van der Waals surface area contributed by atoms with E-state index < -0.39 is 0 Å². The Morgan fingerprint density at radius 2 is 1.79 bits per heavy atom. The summed E-state index contributed by atoms with van der Waals surface area (Å²) in [7, 11) is 0. The molecule has 3 rings (SSSR count). The Labute approximate surface area is 136 Å². The Balaban J connectivity index is 1.95. The van der Waals surface area contributed by atoms with Gasteiger partial charge in [-0.15, -0.1) is 50.5 Å². The molecule has 19 heavy (non-hydrogen) atoms. The van der Waals surface area contributed by atoms with Crippen LogP contribution in [-0.4, -0.2) is 25.7 Å². The van der Waals surface area contributed by atoms with Gasteiger partial charge in [-0.05, 0) is 31.4 Å². The van der Waals surface area contributed by atoms with Crippen molar-refractivity contribution in [2.24, 2.45) is 0 Å². The summed E-state index contributed by atoms with van der Waals surface area (Å²) in [6.07, 6.45) is 3.57. The van der Waals surface area contributed by atoms with Crippen LogP contribution in [0.5, 0.6) is 0 Å². The van der Waals surface area contributed by atoms with Crippen molar-refractivity contribution in [1.82, 2.24) is 5.32 Å². The van der Waals surface area contributed by atoms with Gasteiger partial charge in [0.15, 0.2) is 0 Å². The number of hydrogen-bond donors (Lipinski definition) is 5. The van der Waals surface area contributed by atoms with Crippen LogP contribution < -0.4 is 10.2 Å². The monoisotopic (exact) mass is 330 g/mol. The van der Waals surface area contributed by atoms with E-state index in [1.807, 2.05) is 0 Å². The Kier molecular flexibility index (Phi) is 4.25. The fraction of sp³-hybridized carbons (Fsp3) is 0.538. The van der Waals surface area contributed by atoms with Crippen LogP contribution in [0.25, 0.3) is 0 Å². The number of benzene rings is 1. The van der Waals surface area contributed by atoms with Crippen LogP contribution in [0.4, 0.5) is 5.69 Å². The van der Waals surface area contributed by atoms with Gasteiger partial charge in [-0.25, -0.2) is 0 Å². The zero-order valence-corrected chi connectivity index (χ0v) is 14.1. The minimum Gasteiger partial charge on any atom is -0.368 e. The molecule has 1 N–H and O–H groups in total.